The monoisotopic (exact) mass is 344 g/mol. The lowest BCUT2D eigenvalue weighted by Gasteiger charge is -2.31. The Kier molecular flexibility index (Phi) is 5.25. The van der Waals surface area contributed by atoms with E-state index in [0.29, 0.717) is 23.0 Å². The highest BCUT2D eigenvalue weighted by atomic mass is 79.9. The number of amides is 1. The summed E-state index contributed by atoms with van der Waals surface area (Å²) in [5, 5.41) is 3.71. The quantitative estimate of drug-likeness (QED) is 0.882. The minimum Gasteiger partial charge on any atom is -0.349 e. The number of halogens is 2. The fraction of sp³-hybridized carbons (Fsp3) is 0.500. The lowest BCUT2D eigenvalue weighted by atomic mass is 9.84. The van der Waals surface area contributed by atoms with Crippen LogP contribution in [0.15, 0.2) is 22.7 Å². The Balaban J connectivity index is 2.05. The van der Waals surface area contributed by atoms with Gasteiger partial charge in [-0.2, -0.15) is 0 Å². The number of rotatable bonds is 3. The number of hydrogen-bond donors (Lipinski definition) is 2. The van der Waals surface area contributed by atoms with E-state index in [1.54, 1.807) is 18.2 Å². The van der Waals surface area contributed by atoms with Crippen molar-refractivity contribution in [2.75, 3.05) is 6.54 Å². The van der Waals surface area contributed by atoms with Crippen LogP contribution < -0.4 is 11.1 Å². The zero-order valence-corrected chi connectivity index (χ0v) is 13.0. The Bertz CT molecular complexity index is 467. The molecule has 0 spiro atoms. The van der Waals surface area contributed by atoms with Crippen molar-refractivity contribution < 1.29 is 4.79 Å². The van der Waals surface area contributed by atoms with Gasteiger partial charge in [-0.05, 0) is 59.4 Å². The van der Waals surface area contributed by atoms with E-state index in [-0.39, 0.29) is 11.9 Å². The Hall–Kier alpha value is -0.580. The summed E-state index contributed by atoms with van der Waals surface area (Å²) in [5.74, 6) is 0.344. The van der Waals surface area contributed by atoms with Crippen molar-refractivity contribution in [3.8, 4) is 0 Å². The summed E-state index contributed by atoms with van der Waals surface area (Å²) in [5.41, 5.74) is 6.40. The minimum absolute atomic E-state index is 0.0530. The van der Waals surface area contributed by atoms with Crippen molar-refractivity contribution in [1.29, 1.82) is 0 Å². The summed E-state index contributed by atoms with van der Waals surface area (Å²) in [7, 11) is 0. The van der Waals surface area contributed by atoms with Crippen molar-refractivity contribution in [1.82, 2.24) is 5.32 Å². The minimum atomic E-state index is -0.0530. The molecule has 1 amide bonds. The van der Waals surface area contributed by atoms with Crippen LogP contribution in [0, 0.1) is 5.92 Å². The predicted molar refractivity (Wildman–Crippen MR) is 81.4 cm³/mol. The topological polar surface area (TPSA) is 55.1 Å². The molecule has 1 aromatic carbocycles. The van der Waals surface area contributed by atoms with Crippen LogP contribution in [0.5, 0.6) is 0 Å². The number of benzene rings is 1. The summed E-state index contributed by atoms with van der Waals surface area (Å²) in [6.45, 7) is 0.634. The van der Waals surface area contributed by atoms with Crippen LogP contribution in [-0.4, -0.2) is 18.5 Å². The summed E-state index contributed by atoms with van der Waals surface area (Å²) < 4.78 is 0.737. The molecular formula is C14H18BrClN2O. The van der Waals surface area contributed by atoms with Crippen molar-refractivity contribution in [3.63, 3.8) is 0 Å². The smallest absolute Gasteiger partial charge is 0.251 e. The van der Waals surface area contributed by atoms with Gasteiger partial charge in [-0.3, -0.25) is 4.79 Å². The second-order valence-corrected chi connectivity index (χ2v) is 6.25. The summed E-state index contributed by atoms with van der Waals surface area (Å²) in [6.07, 6.45) is 4.49. The maximum Gasteiger partial charge on any atom is 0.251 e. The molecular weight excluding hydrogens is 328 g/mol. The highest BCUT2D eigenvalue weighted by molar-refractivity contribution is 9.10. The van der Waals surface area contributed by atoms with Gasteiger partial charge in [0.05, 0.1) is 5.02 Å². The lowest BCUT2D eigenvalue weighted by Crippen LogP contribution is -2.44. The van der Waals surface area contributed by atoms with Gasteiger partial charge in [-0.1, -0.05) is 24.4 Å². The van der Waals surface area contributed by atoms with Crippen LogP contribution >= 0.6 is 27.5 Å². The molecule has 1 fully saturated rings. The normalized spacial score (nSPS) is 23.1. The summed E-state index contributed by atoms with van der Waals surface area (Å²) in [6, 6.07) is 5.41. The van der Waals surface area contributed by atoms with Crippen molar-refractivity contribution in [2.24, 2.45) is 11.7 Å². The van der Waals surface area contributed by atoms with E-state index in [0.717, 1.165) is 23.7 Å². The first-order valence-electron chi connectivity index (χ1n) is 6.58. The molecule has 0 heterocycles. The van der Waals surface area contributed by atoms with Crippen LogP contribution in [0.4, 0.5) is 0 Å². The molecule has 0 aliphatic heterocycles. The second-order valence-electron chi connectivity index (χ2n) is 4.99. The van der Waals surface area contributed by atoms with E-state index in [1.165, 1.54) is 6.42 Å². The zero-order chi connectivity index (χ0) is 13.8. The Morgan fingerprint density at radius 3 is 2.84 bits per heavy atom. The first-order chi connectivity index (χ1) is 9.11. The lowest BCUT2D eigenvalue weighted by molar-refractivity contribution is 0.0908. The number of carbonyl (C=O) groups excluding carboxylic acids is 1. The van der Waals surface area contributed by atoms with Crippen LogP contribution in [-0.2, 0) is 0 Å². The van der Waals surface area contributed by atoms with Gasteiger partial charge >= 0.3 is 0 Å². The SMILES string of the molecule is NCC1CCCCC1NC(=O)c1ccc(Cl)c(Br)c1. The zero-order valence-electron chi connectivity index (χ0n) is 10.7. The Morgan fingerprint density at radius 1 is 1.42 bits per heavy atom. The molecule has 2 atom stereocenters. The molecule has 1 saturated carbocycles. The third-order valence-corrected chi connectivity index (χ3v) is 4.92. The van der Waals surface area contributed by atoms with E-state index in [9.17, 15) is 4.79 Å². The van der Waals surface area contributed by atoms with E-state index < -0.39 is 0 Å². The average Bonchev–Trinajstić information content (AvgIpc) is 2.42. The molecule has 104 valence electrons. The first kappa shape index (κ1) is 14.8. The maximum absolute atomic E-state index is 12.2. The fourth-order valence-corrected chi connectivity index (χ4v) is 3.07. The summed E-state index contributed by atoms with van der Waals surface area (Å²) >= 11 is 9.26. The third kappa shape index (κ3) is 3.71. The van der Waals surface area contributed by atoms with Crippen molar-refractivity contribution in [2.45, 2.75) is 31.7 Å². The number of nitrogens with two attached hydrogens (primary N) is 1. The molecule has 2 unspecified atom stereocenters. The van der Waals surface area contributed by atoms with Gasteiger partial charge in [0, 0.05) is 16.1 Å². The molecule has 3 N–H and O–H groups in total. The average molecular weight is 346 g/mol. The highest BCUT2D eigenvalue weighted by Gasteiger charge is 2.25. The van der Waals surface area contributed by atoms with Crippen molar-refractivity contribution >= 4 is 33.4 Å². The number of nitrogens with one attached hydrogen (secondary N) is 1. The molecule has 0 bridgehead atoms. The van der Waals surface area contributed by atoms with Crippen LogP contribution in [0.2, 0.25) is 5.02 Å². The Morgan fingerprint density at radius 2 is 2.16 bits per heavy atom. The molecule has 3 nitrogen and oxygen atoms in total. The van der Waals surface area contributed by atoms with Gasteiger partial charge in [-0.15, -0.1) is 0 Å². The van der Waals surface area contributed by atoms with Gasteiger partial charge in [0.2, 0.25) is 0 Å². The molecule has 1 aliphatic rings. The van der Waals surface area contributed by atoms with Gasteiger partial charge in [0.1, 0.15) is 0 Å². The molecule has 0 saturated heterocycles. The molecule has 0 aromatic heterocycles. The molecule has 1 aliphatic carbocycles. The van der Waals surface area contributed by atoms with Gasteiger partial charge < -0.3 is 11.1 Å². The molecule has 1 aromatic rings. The molecule has 5 heteroatoms. The van der Waals surface area contributed by atoms with E-state index in [1.807, 2.05) is 0 Å². The van der Waals surface area contributed by atoms with Crippen LogP contribution in [0.25, 0.3) is 0 Å². The molecule has 0 radical (unpaired) electrons. The van der Waals surface area contributed by atoms with Gasteiger partial charge in [0.25, 0.3) is 5.91 Å². The van der Waals surface area contributed by atoms with E-state index >= 15 is 0 Å². The number of carbonyl (C=O) groups is 1. The second kappa shape index (κ2) is 6.73. The van der Waals surface area contributed by atoms with E-state index in [2.05, 4.69) is 21.2 Å². The van der Waals surface area contributed by atoms with Gasteiger partial charge in [0.15, 0.2) is 0 Å². The largest absolute Gasteiger partial charge is 0.349 e. The van der Waals surface area contributed by atoms with E-state index in [4.69, 9.17) is 17.3 Å². The number of hydrogen-bond acceptors (Lipinski definition) is 2. The standard InChI is InChI=1S/C14H18BrClN2O/c15-11-7-9(5-6-12(11)16)14(19)18-13-4-2-1-3-10(13)8-17/h5-7,10,13H,1-4,8,17H2,(H,18,19). The predicted octanol–water partition coefficient (Wildman–Crippen LogP) is 3.35. The highest BCUT2D eigenvalue weighted by Crippen LogP contribution is 2.25. The molecule has 19 heavy (non-hydrogen) atoms. The van der Waals surface area contributed by atoms with Crippen LogP contribution in [0.3, 0.4) is 0 Å². The van der Waals surface area contributed by atoms with Crippen molar-refractivity contribution in [3.05, 3.63) is 33.3 Å². The summed E-state index contributed by atoms with van der Waals surface area (Å²) in [4.78, 5) is 12.2. The van der Waals surface area contributed by atoms with Gasteiger partial charge in [-0.25, -0.2) is 0 Å². The first-order valence-corrected chi connectivity index (χ1v) is 7.75. The van der Waals surface area contributed by atoms with Crippen LogP contribution in [0.1, 0.15) is 36.0 Å². The Labute approximate surface area is 127 Å². The maximum atomic E-state index is 12.2. The fourth-order valence-electron chi connectivity index (χ4n) is 2.57. The third-order valence-electron chi connectivity index (χ3n) is 3.71. The molecule has 2 rings (SSSR count).